The van der Waals surface area contributed by atoms with Gasteiger partial charge in [-0.15, -0.1) is 0 Å². The van der Waals surface area contributed by atoms with Gasteiger partial charge in [-0.05, 0) is 12.1 Å². The predicted molar refractivity (Wildman–Crippen MR) is 110 cm³/mol. The maximum absolute atomic E-state index is 11.6. The van der Waals surface area contributed by atoms with Crippen molar-refractivity contribution in [3.63, 3.8) is 0 Å². The van der Waals surface area contributed by atoms with Crippen LogP contribution in [0, 0.1) is 0 Å². The molecule has 32 heavy (non-hydrogen) atoms. The van der Waals surface area contributed by atoms with Crippen molar-refractivity contribution in [3.05, 3.63) is 35.7 Å². The molecule has 0 atom stereocenters. The van der Waals surface area contributed by atoms with Gasteiger partial charge in [0.1, 0.15) is 11.3 Å². The first-order valence-electron chi connectivity index (χ1n) is 8.61. The van der Waals surface area contributed by atoms with E-state index in [1.807, 2.05) is 0 Å². The number of carboxylic acid groups (broad SMARTS) is 1. The molecule has 0 unspecified atom stereocenters. The van der Waals surface area contributed by atoms with Crippen molar-refractivity contribution in [2.45, 2.75) is 6.54 Å². The number of phenols is 1. The van der Waals surface area contributed by atoms with E-state index < -0.39 is 29.7 Å². The van der Waals surface area contributed by atoms with Gasteiger partial charge < -0.3 is 27.0 Å². The van der Waals surface area contributed by atoms with E-state index in [-0.39, 0.29) is 29.1 Å². The Hall–Kier alpha value is -4.83. The average molecular weight is 443 g/mol. The Morgan fingerprint density at radius 2 is 1.72 bits per heavy atom. The molecule has 0 radical (unpaired) electrons. The van der Waals surface area contributed by atoms with Crippen LogP contribution in [0.5, 0.6) is 5.75 Å². The van der Waals surface area contributed by atoms with Gasteiger partial charge in [-0.2, -0.15) is 15.0 Å². The topological polar surface area (TPSA) is 266 Å². The molecule has 0 saturated carbocycles. The van der Waals surface area contributed by atoms with Crippen LogP contribution in [-0.4, -0.2) is 48.2 Å². The van der Waals surface area contributed by atoms with E-state index in [0.29, 0.717) is 21.4 Å². The Bertz CT molecular complexity index is 1230. The van der Waals surface area contributed by atoms with Crippen molar-refractivity contribution in [1.29, 1.82) is 0 Å². The van der Waals surface area contributed by atoms with E-state index in [0.717, 1.165) is 0 Å². The van der Waals surface area contributed by atoms with Gasteiger partial charge in [0.05, 0.1) is 18.4 Å². The molecule has 16 nitrogen and oxygen atoms in total. The summed E-state index contributed by atoms with van der Waals surface area (Å²) in [6.45, 7) is 0.0709. The number of amides is 4. The summed E-state index contributed by atoms with van der Waals surface area (Å²) < 4.78 is 0. The van der Waals surface area contributed by atoms with Gasteiger partial charge in [-0.3, -0.25) is 0 Å². The molecule has 2 heterocycles. The predicted octanol–water partition coefficient (Wildman–Crippen LogP) is -1.05. The zero-order valence-corrected chi connectivity index (χ0v) is 16.1. The minimum atomic E-state index is -1.27. The third kappa shape index (κ3) is 4.35. The number of hydrazine groups is 2. The highest BCUT2D eigenvalue weighted by molar-refractivity contribution is 5.97. The SMILES string of the molecule is NC(=O)N(N)c1nc(N(N)C(N)=O)c2nc(CNc3ccc(C(=O)O)c(O)c3)cnc2n1. The van der Waals surface area contributed by atoms with Gasteiger partial charge in [0.15, 0.2) is 17.0 Å². The Kier molecular flexibility index (Phi) is 5.81. The van der Waals surface area contributed by atoms with Gasteiger partial charge in [0.25, 0.3) is 5.95 Å². The van der Waals surface area contributed by atoms with Crippen LogP contribution in [0.3, 0.4) is 0 Å². The van der Waals surface area contributed by atoms with Gasteiger partial charge in [0.2, 0.25) is 0 Å². The lowest BCUT2D eigenvalue weighted by Crippen LogP contribution is -2.45. The van der Waals surface area contributed by atoms with Crippen molar-refractivity contribution in [1.82, 2.24) is 19.9 Å². The number of nitrogens with two attached hydrogens (primary N) is 4. The second-order valence-corrected chi connectivity index (χ2v) is 6.19. The third-order valence-corrected chi connectivity index (χ3v) is 4.05. The number of urea groups is 2. The Morgan fingerprint density at radius 1 is 1.03 bits per heavy atom. The van der Waals surface area contributed by atoms with Crippen LogP contribution < -0.4 is 38.5 Å². The largest absolute Gasteiger partial charge is 0.507 e. The number of carbonyl (C=O) groups is 3. The molecule has 3 rings (SSSR count). The lowest BCUT2D eigenvalue weighted by molar-refractivity contribution is 0.0693. The number of rotatable bonds is 6. The average Bonchev–Trinajstić information content (AvgIpc) is 2.75. The maximum Gasteiger partial charge on any atom is 0.339 e. The number of hydrogen-bond donors (Lipinski definition) is 7. The number of nitrogens with one attached hydrogen (secondary N) is 1. The molecule has 2 aromatic heterocycles. The molecule has 0 aliphatic rings. The summed E-state index contributed by atoms with van der Waals surface area (Å²) in [7, 11) is 0. The van der Waals surface area contributed by atoms with Gasteiger partial charge in [0, 0.05) is 11.8 Å². The molecule has 1 aromatic carbocycles. The lowest BCUT2D eigenvalue weighted by atomic mass is 10.2. The zero-order chi connectivity index (χ0) is 23.6. The molecule has 0 spiro atoms. The molecule has 0 fully saturated rings. The number of aromatic hydroxyl groups is 1. The quantitative estimate of drug-likeness (QED) is 0.137. The summed E-state index contributed by atoms with van der Waals surface area (Å²) in [6.07, 6.45) is 1.33. The number of aromatic nitrogens is 4. The number of benzene rings is 1. The third-order valence-electron chi connectivity index (χ3n) is 4.05. The van der Waals surface area contributed by atoms with E-state index in [1.165, 1.54) is 24.4 Å². The van der Waals surface area contributed by atoms with Gasteiger partial charge in [-0.1, -0.05) is 0 Å². The van der Waals surface area contributed by atoms with E-state index in [9.17, 15) is 19.5 Å². The van der Waals surface area contributed by atoms with Crippen molar-refractivity contribution in [3.8, 4) is 5.75 Å². The minimum Gasteiger partial charge on any atom is -0.507 e. The monoisotopic (exact) mass is 443 g/mol. The number of carbonyl (C=O) groups excluding carboxylic acids is 2. The molecule has 0 aliphatic heterocycles. The summed E-state index contributed by atoms with van der Waals surface area (Å²) in [6, 6.07) is 1.75. The lowest BCUT2D eigenvalue weighted by Gasteiger charge is -2.18. The van der Waals surface area contributed by atoms with Crippen LogP contribution in [0.25, 0.3) is 11.2 Å². The van der Waals surface area contributed by atoms with Crippen molar-refractivity contribution in [2.75, 3.05) is 15.3 Å². The molecule has 16 heteroatoms. The van der Waals surface area contributed by atoms with Crippen LogP contribution in [0.4, 0.5) is 27.0 Å². The van der Waals surface area contributed by atoms with Gasteiger partial charge in [-0.25, -0.2) is 41.0 Å². The highest BCUT2D eigenvalue weighted by Crippen LogP contribution is 2.24. The van der Waals surface area contributed by atoms with Crippen molar-refractivity contribution < 1.29 is 24.6 Å². The second kappa shape index (κ2) is 8.50. The first-order chi connectivity index (χ1) is 15.1. The number of primary amides is 2. The summed E-state index contributed by atoms with van der Waals surface area (Å²) in [5.74, 6) is 8.78. The fourth-order valence-corrected chi connectivity index (χ4v) is 2.50. The van der Waals surface area contributed by atoms with E-state index in [4.69, 9.17) is 28.3 Å². The molecule has 11 N–H and O–H groups in total. The van der Waals surface area contributed by atoms with E-state index in [2.05, 4.69) is 25.3 Å². The molecule has 0 aliphatic carbocycles. The number of fused-ring (bicyclic) bond motifs is 1. The van der Waals surface area contributed by atoms with Crippen LogP contribution in [0.1, 0.15) is 16.1 Å². The first kappa shape index (κ1) is 21.9. The zero-order valence-electron chi connectivity index (χ0n) is 16.1. The van der Waals surface area contributed by atoms with Crippen molar-refractivity contribution >= 4 is 46.6 Å². The Labute approximate surface area is 178 Å². The first-order valence-corrected chi connectivity index (χ1v) is 8.61. The summed E-state index contributed by atoms with van der Waals surface area (Å²) in [5.41, 5.74) is 10.7. The molecule has 0 saturated heterocycles. The molecule has 4 amide bonds. The van der Waals surface area contributed by atoms with Gasteiger partial charge >= 0.3 is 18.0 Å². The Morgan fingerprint density at radius 3 is 2.31 bits per heavy atom. The minimum absolute atomic E-state index is 0.0312. The summed E-state index contributed by atoms with van der Waals surface area (Å²) in [4.78, 5) is 50.1. The molecular formula is C16H17N11O5. The van der Waals surface area contributed by atoms with E-state index >= 15 is 0 Å². The van der Waals surface area contributed by atoms with Crippen LogP contribution in [0.15, 0.2) is 24.4 Å². The van der Waals surface area contributed by atoms with Crippen LogP contribution >= 0.6 is 0 Å². The highest BCUT2D eigenvalue weighted by Gasteiger charge is 2.22. The number of hydrogen-bond acceptors (Lipinski definition) is 11. The summed E-state index contributed by atoms with van der Waals surface area (Å²) in [5, 5.41) is 22.6. The second-order valence-electron chi connectivity index (χ2n) is 6.19. The number of aromatic carboxylic acids is 1. The number of carboxylic acids is 1. The van der Waals surface area contributed by atoms with Crippen molar-refractivity contribution in [2.24, 2.45) is 23.2 Å². The molecular weight excluding hydrogens is 426 g/mol. The standard InChI is InChI=1S/C16H17N11O5/c17-14(31)26(19)12-10-11(24-16(25-12)27(20)15(18)32)22-5-7(23-10)4-21-6-1-2-8(13(29)30)9(28)3-6/h1-3,5,21,28H,4,19-20H2,(H2,17,31)(H2,18,32)(H,29,30). The normalized spacial score (nSPS) is 10.6. The smallest absolute Gasteiger partial charge is 0.339 e. The number of anilines is 3. The van der Waals surface area contributed by atoms with Crippen LogP contribution in [-0.2, 0) is 6.54 Å². The van der Waals surface area contributed by atoms with Crippen LogP contribution in [0.2, 0.25) is 0 Å². The Balaban J connectivity index is 1.96. The fraction of sp³-hybridized carbons (Fsp3) is 0.0625. The highest BCUT2D eigenvalue weighted by atomic mass is 16.4. The molecule has 3 aromatic rings. The maximum atomic E-state index is 11.6. The summed E-state index contributed by atoms with van der Waals surface area (Å²) >= 11 is 0. The molecule has 0 bridgehead atoms. The molecule has 166 valence electrons. The fourth-order valence-electron chi connectivity index (χ4n) is 2.50. The van der Waals surface area contributed by atoms with E-state index in [1.54, 1.807) is 0 Å². The number of nitrogens with zero attached hydrogens (tertiary/aromatic N) is 6.